The summed E-state index contributed by atoms with van der Waals surface area (Å²) in [5, 5.41) is 3.02. The molecular weight excluding hydrogens is 328 g/mol. The number of fused-ring (bicyclic) bond motifs is 1. The molecule has 25 heavy (non-hydrogen) atoms. The number of furan rings is 1. The van der Waals surface area contributed by atoms with Gasteiger partial charge >= 0.3 is 0 Å². The van der Waals surface area contributed by atoms with E-state index in [1.807, 2.05) is 13.8 Å². The molecule has 0 aliphatic rings. The summed E-state index contributed by atoms with van der Waals surface area (Å²) in [5.74, 6) is -1.32. The normalized spacial score (nSPS) is 11.1. The van der Waals surface area contributed by atoms with Crippen LogP contribution < -0.4 is 10.1 Å². The minimum Gasteiger partial charge on any atom is -0.491 e. The summed E-state index contributed by atoms with van der Waals surface area (Å²) >= 11 is 0. The van der Waals surface area contributed by atoms with Gasteiger partial charge in [-0.05, 0) is 44.2 Å². The van der Waals surface area contributed by atoms with Gasteiger partial charge in [0.05, 0.1) is 17.2 Å². The number of nitrogens with one attached hydrogen (secondary N) is 1. The number of ether oxygens (including phenoxy) is 1. The van der Waals surface area contributed by atoms with Gasteiger partial charge in [-0.25, -0.2) is 8.78 Å². The van der Waals surface area contributed by atoms with Crippen LogP contribution in [0.1, 0.15) is 24.2 Å². The molecule has 0 atom stereocenters. The van der Waals surface area contributed by atoms with Gasteiger partial charge in [0, 0.05) is 18.5 Å². The van der Waals surface area contributed by atoms with Crippen LogP contribution in [0.25, 0.3) is 22.3 Å². The van der Waals surface area contributed by atoms with E-state index in [-0.39, 0.29) is 23.0 Å². The van der Waals surface area contributed by atoms with Gasteiger partial charge in [0.2, 0.25) is 0 Å². The van der Waals surface area contributed by atoms with Crippen LogP contribution in [-0.2, 0) is 0 Å². The lowest BCUT2D eigenvalue weighted by Crippen LogP contribution is -2.18. The summed E-state index contributed by atoms with van der Waals surface area (Å²) in [6.07, 6.45) is -0.0400. The van der Waals surface area contributed by atoms with E-state index in [9.17, 15) is 13.6 Å². The Kier molecular flexibility index (Phi) is 4.44. The first kappa shape index (κ1) is 17.0. The minimum absolute atomic E-state index is 0.0162. The van der Waals surface area contributed by atoms with Crippen molar-refractivity contribution in [2.45, 2.75) is 20.0 Å². The second kappa shape index (κ2) is 6.55. The Morgan fingerprint density at radius 1 is 1.16 bits per heavy atom. The average molecular weight is 345 g/mol. The molecule has 0 radical (unpaired) electrons. The fraction of sp³-hybridized carbons (Fsp3) is 0.211. The fourth-order valence-electron chi connectivity index (χ4n) is 2.64. The molecule has 1 heterocycles. The summed E-state index contributed by atoms with van der Waals surface area (Å²) in [5.41, 5.74) is 0.605. The fourth-order valence-corrected chi connectivity index (χ4v) is 2.64. The number of halogens is 2. The predicted octanol–water partition coefficient (Wildman–Crippen LogP) is 4.52. The SMILES string of the molecule is CNC(=O)c1c(-c2ccc(F)cc2F)oc2ccc(OC(C)C)cc12. The Bertz CT molecular complexity index is 947. The number of rotatable bonds is 4. The van der Waals surface area contributed by atoms with Crippen molar-refractivity contribution in [2.24, 2.45) is 0 Å². The summed E-state index contributed by atoms with van der Waals surface area (Å²) in [7, 11) is 1.47. The molecular formula is C19H17F2NO3. The Hall–Kier alpha value is -2.89. The van der Waals surface area contributed by atoms with E-state index in [4.69, 9.17) is 9.15 Å². The number of hydrogen-bond acceptors (Lipinski definition) is 3. The first-order valence-corrected chi connectivity index (χ1v) is 7.81. The molecule has 6 heteroatoms. The Morgan fingerprint density at radius 3 is 2.56 bits per heavy atom. The van der Waals surface area contributed by atoms with E-state index < -0.39 is 17.5 Å². The van der Waals surface area contributed by atoms with Crippen LogP contribution >= 0.6 is 0 Å². The van der Waals surface area contributed by atoms with Crippen molar-refractivity contribution in [1.29, 1.82) is 0 Å². The first-order chi connectivity index (χ1) is 11.9. The summed E-state index contributed by atoms with van der Waals surface area (Å²) in [6, 6.07) is 8.17. The summed E-state index contributed by atoms with van der Waals surface area (Å²) < 4.78 is 38.8. The minimum atomic E-state index is -0.803. The quantitative estimate of drug-likeness (QED) is 0.756. The number of benzene rings is 2. The molecule has 1 N–H and O–H groups in total. The maximum Gasteiger partial charge on any atom is 0.255 e. The van der Waals surface area contributed by atoms with Gasteiger partial charge in [-0.2, -0.15) is 0 Å². The van der Waals surface area contributed by atoms with Crippen molar-refractivity contribution in [2.75, 3.05) is 7.05 Å². The van der Waals surface area contributed by atoms with Gasteiger partial charge in [0.25, 0.3) is 5.91 Å². The zero-order valence-corrected chi connectivity index (χ0v) is 14.0. The second-order valence-corrected chi connectivity index (χ2v) is 5.83. The molecule has 0 unspecified atom stereocenters. The van der Waals surface area contributed by atoms with Crippen LogP contribution in [0.5, 0.6) is 5.75 Å². The van der Waals surface area contributed by atoms with E-state index in [1.54, 1.807) is 18.2 Å². The predicted molar refractivity (Wildman–Crippen MR) is 90.7 cm³/mol. The molecule has 0 saturated carbocycles. The summed E-state index contributed by atoms with van der Waals surface area (Å²) in [4.78, 5) is 12.4. The first-order valence-electron chi connectivity index (χ1n) is 7.81. The number of carbonyl (C=O) groups excluding carboxylic acids is 1. The van der Waals surface area contributed by atoms with Crippen molar-refractivity contribution < 1.29 is 22.7 Å². The third-order valence-electron chi connectivity index (χ3n) is 3.66. The van der Waals surface area contributed by atoms with E-state index in [0.29, 0.717) is 16.7 Å². The van der Waals surface area contributed by atoms with Crippen LogP contribution in [0.3, 0.4) is 0 Å². The van der Waals surface area contributed by atoms with Gasteiger partial charge in [0.15, 0.2) is 5.76 Å². The van der Waals surface area contributed by atoms with Crippen LogP contribution in [0.2, 0.25) is 0 Å². The number of hydrogen-bond donors (Lipinski definition) is 1. The van der Waals surface area contributed by atoms with Crippen LogP contribution in [-0.4, -0.2) is 19.1 Å². The molecule has 0 fully saturated rings. The molecule has 1 aromatic heterocycles. The molecule has 3 aromatic rings. The molecule has 1 amide bonds. The number of amides is 1. The third-order valence-corrected chi connectivity index (χ3v) is 3.66. The molecule has 2 aromatic carbocycles. The Morgan fingerprint density at radius 2 is 1.92 bits per heavy atom. The van der Waals surface area contributed by atoms with Crippen LogP contribution in [0.15, 0.2) is 40.8 Å². The zero-order valence-electron chi connectivity index (χ0n) is 14.0. The van der Waals surface area contributed by atoms with Crippen molar-refractivity contribution >= 4 is 16.9 Å². The van der Waals surface area contributed by atoms with Crippen LogP contribution in [0.4, 0.5) is 8.78 Å². The highest BCUT2D eigenvalue weighted by Gasteiger charge is 2.24. The van der Waals surface area contributed by atoms with Gasteiger partial charge in [0.1, 0.15) is 23.0 Å². The molecule has 3 rings (SSSR count). The molecule has 130 valence electrons. The Balaban J connectivity index is 2.26. The van der Waals surface area contributed by atoms with Crippen molar-refractivity contribution in [1.82, 2.24) is 5.32 Å². The molecule has 0 aliphatic heterocycles. The van der Waals surface area contributed by atoms with E-state index in [2.05, 4.69) is 5.32 Å². The maximum absolute atomic E-state index is 14.2. The van der Waals surface area contributed by atoms with Crippen molar-refractivity contribution in [3.8, 4) is 17.1 Å². The number of carbonyl (C=O) groups is 1. The smallest absolute Gasteiger partial charge is 0.255 e. The zero-order chi connectivity index (χ0) is 18.1. The van der Waals surface area contributed by atoms with Gasteiger partial charge in [-0.1, -0.05) is 0 Å². The average Bonchev–Trinajstić information content (AvgIpc) is 2.92. The van der Waals surface area contributed by atoms with E-state index >= 15 is 0 Å². The molecule has 0 spiro atoms. The lowest BCUT2D eigenvalue weighted by Gasteiger charge is -2.09. The van der Waals surface area contributed by atoms with Crippen molar-refractivity contribution in [3.05, 3.63) is 53.6 Å². The topological polar surface area (TPSA) is 51.5 Å². The largest absolute Gasteiger partial charge is 0.491 e. The summed E-state index contributed by atoms with van der Waals surface area (Å²) in [6.45, 7) is 3.77. The molecule has 0 bridgehead atoms. The van der Waals surface area contributed by atoms with Crippen molar-refractivity contribution in [3.63, 3.8) is 0 Å². The van der Waals surface area contributed by atoms with Gasteiger partial charge < -0.3 is 14.5 Å². The van der Waals surface area contributed by atoms with E-state index in [0.717, 1.165) is 12.1 Å². The van der Waals surface area contributed by atoms with E-state index in [1.165, 1.54) is 13.1 Å². The lowest BCUT2D eigenvalue weighted by atomic mass is 10.0. The Labute approximate surface area is 143 Å². The van der Waals surface area contributed by atoms with Gasteiger partial charge in [-0.3, -0.25) is 4.79 Å². The monoisotopic (exact) mass is 345 g/mol. The third kappa shape index (κ3) is 3.20. The maximum atomic E-state index is 14.2. The highest BCUT2D eigenvalue weighted by atomic mass is 19.1. The second-order valence-electron chi connectivity index (χ2n) is 5.83. The van der Waals surface area contributed by atoms with Crippen LogP contribution in [0, 0.1) is 11.6 Å². The molecule has 4 nitrogen and oxygen atoms in total. The highest BCUT2D eigenvalue weighted by Crippen LogP contribution is 2.36. The molecule has 0 aliphatic carbocycles. The lowest BCUT2D eigenvalue weighted by molar-refractivity contribution is 0.0964. The van der Waals surface area contributed by atoms with Gasteiger partial charge in [-0.15, -0.1) is 0 Å². The standard InChI is InChI=1S/C19H17F2NO3/c1-10(2)24-12-5-7-16-14(9-12)17(19(23)22-3)18(25-16)13-6-4-11(20)8-15(13)21/h4-10H,1-3H3,(H,22,23). The molecule has 0 saturated heterocycles. The highest BCUT2D eigenvalue weighted by molar-refractivity contribution is 6.11.